The summed E-state index contributed by atoms with van der Waals surface area (Å²) in [6.07, 6.45) is 0.0847. The van der Waals surface area contributed by atoms with Gasteiger partial charge in [0, 0.05) is 0 Å². The second-order valence-corrected chi connectivity index (χ2v) is 7.96. The number of hydrogen-bond donors (Lipinski definition) is 2. The molecule has 0 aliphatic heterocycles. The normalized spacial score (nSPS) is 12.6. The van der Waals surface area contributed by atoms with Crippen LogP contribution in [0.1, 0.15) is 32.8 Å². The molecule has 33 heavy (non-hydrogen) atoms. The van der Waals surface area contributed by atoms with Crippen LogP contribution in [0, 0.1) is 0 Å². The van der Waals surface area contributed by atoms with Crippen LogP contribution in [0.2, 0.25) is 0 Å². The van der Waals surface area contributed by atoms with Crippen LogP contribution in [-0.2, 0) is 39.9 Å². The zero-order valence-electron chi connectivity index (χ0n) is 19.4. The fourth-order valence-electron chi connectivity index (χ4n) is 2.48. The Kier molecular flexibility index (Phi) is 11.6. The van der Waals surface area contributed by atoms with Crippen molar-refractivity contribution >= 4 is 23.9 Å². The van der Waals surface area contributed by atoms with Gasteiger partial charge < -0.3 is 29.6 Å². The number of hydrogen-bond acceptors (Lipinski definition) is 8. The summed E-state index contributed by atoms with van der Waals surface area (Å²) in [7, 11) is 1.16. The first kappa shape index (κ1) is 27.6. The molecule has 2 N–H and O–H groups in total. The van der Waals surface area contributed by atoms with Crippen LogP contribution in [0.3, 0.4) is 0 Å². The maximum absolute atomic E-state index is 12.8. The lowest BCUT2D eigenvalue weighted by Crippen LogP contribution is -2.54. The number of benzene rings is 1. The zero-order chi connectivity index (χ0) is 24.9. The molecule has 1 aromatic carbocycles. The number of esters is 2. The lowest BCUT2D eigenvalue weighted by atomic mass is 10.1. The molecule has 1 rings (SSSR count). The van der Waals surface area contributed by atoms with Gasteiger partial charge in [-0.05, 0) is 26.3 Å². The van der Waals surface area contributed by atoms with E-state index in [2.05, 4.69) is 21.9 Å². The SMILES string of the molecule is C=CCOC[C@H](NC(=O)[C@H](CC(=O)OCc1ccccc1)NC(=O)OC(C)(C)C)C(=O)OC. The Morgan fingerprint density at radius 3 is 2.30 bits per heavy atom. The van der Waals surface area contributed by atoms with Crippen LogP contribution in [0.5, 0.6) is 0 Å². The van der Waals surface area contributed by atoms with Gasteiger partial charge in [-0.15, -0.1) is 6.58 Å². The van der Waals surface area contributed by atoms with Gasteiger partial charge in [-0.2, -0.15) is 0 Å². The van der Waals surface area contributed by atoms with E-state index in [0.29, 0.717) is 0 Å². The van der Waals surface area contributed by atoms with Gasteiger partial charge in [-0.1, -0.05) is 36.4 Å². The fraction of sp³-hybridized carbons (Fsp3) is 0.478. The average Bonchev–Trinajstić information content (AvgIpc) is 2.75. The van der Waals surface area contributed by atoms with E-state index in [0.717, 1.165) is 12.7 Å². The summed E-state index contributed by atoms with van der Waals surface area (Å²) in [5.41, 5.74) is -0.0662. The molecule has 2 atom stereocenters. The van der Waals surface area contributed by atoms with Crippen molar-refractivity contribution in [2.45, 2.75) is 51.5 Å². The Balaban J connectivity index is 2.88. The molecule has 0 fully saturated rings. The number of alkyl carbamates (subject to hydrolysis) is 1. The summed E-state index contributed by atoms with van der Waals surface area (Å²) < 4.78 is 20.3. The third-order valence-electron chi connectivity index (χ3n) is 3.94. The highest BCUT2D eigenvalue weighted by Gasteiger charge is 2.31. The minimum Gasteiger partial charge on any atom is -0.467 e. The van der Waals surface area contributed by atoms with Gasteiger partial charge in [0.05, 0.1) is 26.7 Å². The Bertz CT molecular complexity index is 804. The fourth-order valence-corrected chi connectivity index (χ4v) is 2.48. The first-order chi connectivity index (χ1) is 15.6. The van der Waals surface area contributed by atoms with Gasteiger partial charge in [0.25, 0.3) is 0 Å². The maximum atomic E-state index is 12.8. The topological polar surface area (TPSA) is 129 Å². The number of methoxy groups -OCH3 is 1. The Labute approximate surface area is 193 Å². The van der Waals surface area contributed by atoms with E-state index < -0.39 is 48.0 Å². The molecule has 10 nitrogen and oxygen atoms in total. The second kappa shape index (κ2) is 13.9. The lowest BCUT2D eigenvalue weighted by molar-refractivity contribution is -0.148. The van der Waals surface area contributed by atoms with E-state index in [1.165, 1.54) is 6.08 Å². The molecule has 0 saturated carbocycles. The summed E-state index contributed by atoms with van der Waals surface area (Å²) in [5, 5.41) is 4.77. The van der Waals surface area contributed by atoms with Crippen LogP contribution in [0.15, 0.2) is 43.0 Å². The van der Waals surface area contributed by atoms with Crippen LogP contribution in [0.25, 0.3) is 0 Å². The van der Waals surface area contributed by atoms with Crippen molar-refractivity contribution in [1.82, 2.24) is 10.6 Å². The minimum absolute atomic E-state index is 0.000624. The van der Waals surface area contributed by atoms with Gasteiger partial charge in [-0.3, -0.25) is 9.59 Å². The molecule has 10 heteroatoms. The highest BCUT2D eigenvalue weighted by atomic mass is 16.6. The minimum atomic E-state index is -1.37. The predicted octanol–water partition coefficient (Wildman–Crippen LogP) is 1.87. The molecule has 2 amide bonds. The summed E-state index contributed by atoms with van der Waals surface area (Å²) in [6.45, 7) is 8.42. The van der Waals surface area contributed by atoms with E-state index in [1.807, 2.05) is 6.07 Å². The largest absolute Gasteiger partial charge is 0.467 e. The number of nitrogens with one attached hydrogen (secondary N) is 2. The molecule has 0 spiro atoms. The number of rotatable bonds is 12. The van der Waals surface area contributed by atoms with Gasteiger partial charge in [-0.25, -0.2) is 9.59 Å². The molecule has 0 heterocycles. The number of ether oxygens (including phenoxy) is 4. The first-order valence-electron chi connectivity index (χ1n) is 10.3. The van der Waals surface area contributed by atoms with Crippen LogP contribution >= 0.6 is 0 Å². The molecule has 0 unspecified atom stereocenters. The van der Waals surface area contributed by atoms with E-state index in [1.54, 1.807) is 45.0 Å². The lowest BCUT2D eigenvalue weighted by Gasteiger charge is -2.24. The summed E-state index contributed by atoms with van der Waals surface area (Å²) in [4.78, 5) is 49.4. The van der Waals surface area contributed by atoms with Gasteiger partial charge in [0.15, 0.2) is 6.04 Å². The third kappa shape index (κ3) is 11.7. The quantitative estimate of drug-likeness (QED) is 0.208. The smallest absolute Gasteiger partial charge is 0.408 e. The summed E-state index contributed by atoms with van der Waals surface area (Å²) in [6, 6.07) is 6.45. The molecule has 0 aliphatic carbocycles. The monoisotopic (exact) mass is 464 g/mol. The van der Waals surface area contributed by atoms with Crippen molar-refractivity contribution in [1.29, 1.82) is 0 Å². The molecule has 0 bridgehead atoms. The Morgan fingerprint density at radius 1 is 1.06 bits per heavy atom. The highest BCUT2D eigenvalue weighted by molar-refractivity contribution is 5.92. The molecule has 0 aliphatic rings. The number of carbonyl (C=O) groups excluding carboxylic acids is 4. The molecular weight excluding hydrogens is 432 g/mol. The summed E-state index contributed by atoms with van der Waals surface area (Å²) >= 11 is 0. The van der Waals surface area contributed by atoms with Gasteiger partial charge in [0.1, 0.15) is 18.2 Å². The second-order valence-electron chi connectivity index (χ2n) is 7.96. The molecular formula is C23H32N2O8. The number of carbonyl (C=O) groups is 4. The van der Waals surface area contributed by atoms with Crippen molar-refractivity contribution < 1.29 is 38.1 Å². The third-order valence-corrected chi connectivity index (χ3v) is 3.94. The van der Waals surface area contributed by atoms with Crippen molar-refractivity contribution in [3.63, 3.8) is 0 Å². The van der Waals surface area contributed by atoms with E-state index >= 15 is 0 Å². The average molecular weight is 465 g/mol. The van der Waals surface area contributed by atoms with E-state index in [4.69, 9.17) is 14.2 Å². The first-order valence-corrected chi connectivity index (χ1v) is 10.3. The van der Waals surface area contributed by atoms with Gasteiger partial charge >= 0.3 is 18.0 Å². The molecule has 0 aromatic heterocycles. The standard InChI is InChI=1S/C23H32N2O8/c1-6-12-31-15-18(21(28)30-5)24-20(27)17(25-22(29)33-23(2,3)4)13-19(26)32-14-16-10-8-7-9-11-16/h6-11,17-18H,1,12-15H2,2-5H3,(H,24,27)(H,25,29)/t17-,18-/m0/s1. The highest BCUT2D eigenvalue weighted by Crippen LogP contribution is 2.09. The zero-order valence-corrected chi connectivity index (χ0v) is 19.4. The molecule has 0 radical (unpaired) electrons. The molecule has 182 valence electrons. The number of amides is 2. The van der Waals surface area contributed by atoms with E-state index in [-0.39, 0.29) is 19.8 Å². The van der Waals surface area contributed by atoms with Crippen LogP contribution < -0.4 is 10.6 Å². The van der Waals surface area contributed by atoms with Crippen LogP contribution in [0.4, 0.5) is 4.79 Å². The van der Waals surface area contributed by atoms with Crippen molar-refractivity contribution in [3.8, 4) is 0 Å². The molecule has 1 aromatic rings. The molecule has 0 saturated heterocycles. The van der Waals surface area contributed by atoms with Gasteiger partial charge in [0.2, 0.25) is 5.91 Å². The van der Waals surface area contributed by atoms with Crippen molar-refractivity contribution in [2.24, 2.45) is 0 Å². The Morgan fingerprint density at radius 2 is 1.73 bits per heavy atom. The van der Waals surface area contributed by atoms with Crippen LogP contribution in [-0.4, -0.2) is 61.9 Å². The Hall–Kier alpha value is -3.40. The predicted molar refractivity (Wildman–Crippen MR) is 119 cm³/mol. The van der Waals surface area contributed by atoms with E-state index in [9.17, 15) is 19.2 Å². The van der Waals surface area contributed by atoms with Crippen molar-refractivity contribution in [3.05, 3.63) is 48.6 Å². The van der Waals surface area contributed by atoms with Crippen molar-refractivity contribution in [2.75, 3.05) is 20.3 Å². The summed E-state index contributed by atoms with van der Waals surface area (Å²) in [5.74, 6) is -2.29. The maximum Gasteiger partial charge on any atom is 0.408 e.